The summed E-state index contributed by atoms with van der Waals surface area (Å²) < 4.78 is 4.73. The molecule has 0 aromatic rings. The van der Waals surface area contributed by atoms with Crippen molar-refractivity contribution >= 4 is 5.97 Å². The first kappa shape index (κ1) is 24.2. The van der Waals surface area contributed by atoms with Crippen LogP contribution in [0.1, 0.15) is 103 Å². The maximum absolute atomic E-state index is 11.8. The zero-order valence-corrected chi connectivity index (χ0v) is 17.6. The highest BCUT2D eigenvalue weighted by atomic mass is 16.5. The summed E-state index contributed by atoms with van der Waals surface area (Å²) in [5, 5.41) is 20.6. The van der Waals surface area contributed by atoms with Crippen molar-refractivity contribution in [1.29, 1.82) is 0 Å². The van der Waals surface area contributed by atoms with Gasteiger partial charge in [-0.05, 0) is 6.42 Å². The van der Waals surface area contributed by atoms with E-state index in [9.17, 15) is 15.0 Å². The average molecular weight is 383 g/mol. The monoisotopic (exact) mass is 382 g/mol. The number of aliphatic hydroxyl groups excluding tert-OH is 1. The standard InChI is InChI=1S/C23H42O4/c1-3-4-5-6-7-8-9-10-11-12-13-14-15-16-18-23(26)19-17-20(24)21(23)22(25)27-2/h17,19-21,24,26H,3-16,18H2,1-2H3/t20-,21+,23+/m0/s1. The van der Waals surface area contributed by atoms with Crippen molar-refractivity contribution in [2.24, 2.45) is 5.92 Å². The highest BCUT2D eigenvalue weighted by molar-refractivity contribution is 5.76. The number of methoxy groups -OCH3 is 1. The number of rotatable bonds is 16. The molecule has 0 saturated carbocycles. The van der Waals surface area contributed by atoms with E-state index in [0.717, 1.165) is 12.8 Å². The van der Waals surface area contributed by atoms with Gasteiger partial charge in [0.15, 0.2) is 0 Å². The molecule has 0 saturated heterocycles. The Balaban J connectivity index is 1.98. The lowest BCUT2D eigenvalue weighted by Crippen LogP contribution is -2.43. The Morgan fingerprint density at radius 2 is 1.33 bits per heavy atom. The topological polar surface area (TPSA) is 66.8 Å². The SMILES string of the molecule is CCCCCCCCCCCCCCCC[C@@]1(O)C=C[C@H](O)[C@@H]1C(=O)OC. The average Bonchev–Trinajstić information content (AvgIpc) is 2.96. The van der Waals surface area contributed by atoms with Gasteiger partial charge in [-0.1, -0.05) is 109 Å². The van der Waals surface area contributed by atoms with E-state index in [4.69, 9.17) is 4.74 Å². The third-order valence-corrected chi connectivity index (χ3v) is 5.85. The molecule has 3 atom stereocenters. The van der Waals surface area contributed by atoms with Gasteiger partial charge < -0.3 is 14.9 Å². The molecule has 27 heavy (non-hydrogen) atoms. The normalized spacial score (nSPS) is 24.4. The predicted molar refractivity (Wildman–Crippen MR) is 111 cm³/mol. The maximum Gasteiger partial charge on any atom is 0.314 e. The number of unbranched alkanes of at least 4 members (excludes halogenated alkanes) is 13. The second kappa shape index (κ2) is 14.2. The van der Waals surface area contributed by atoms with Crippen LogP contribution in [0, 0.1) is 5.92 Å². The maximum atomic E-state index is 11.8. The lowest BCUT2D eigenvalue weighted by Gasteiger charge is -2.29. The van der Waals surface area contributed by atoms with Crippen molar-refractivity contribution in [1.82, 2.24) is 0 Å². The first-order chi connectivity index (χ1) is 13.0. The molecule has 1 aliphatic carbocycles. The van der Waals surface area contributed by atoms with Crippen LogP contribution in [0.5, 0.6) is 0 Å². The van der Waals surface area contributed by atoms with E-state index in [1.165, 1.54) is 90.2 Å². The molecular weight excluding hydrogens is 340 g/mol. The Hall–Kier alpha value is -0.870. The van der Waals surface area contributed by atoms with Gasteiger partial charge in [0, 0.05) is 0 Å². The van der Waals surface area contributed by atoms with Gasteiger partial charge >= 0.3 is 5.97 Å². The van der Waals surface area contributed by atoms with Gasteiger partial charge in [-0.25, -0.2) is 0 Å². The Bertz CT molecular complexity index is 421. The summed E-state index contributed by atoms with van der Waals surface area (Å²) >= 11 is 0. The summed E-state index contributed by atoms with van der Waals surface area (Å²) in [6, 6.07) is 0. The van der Waals surface area contributed by atoms with Crippen molar-refractivity contribution in [2.75, 3.05) is 7.11 Å². The van der Waals surface area contributed by atoms with Crippen LogP contribution in [0.25, 0.3) is 0 Å². The van der Waals surface area contributed by atoms with Crippen molar-refractivity contribution in [3.8, 4) is 0 Å². The van der Waals surface area contributed by atoms with Crippen molar-refractivity contribution in [3.63, 3.8) is 0 Å². The highest BCUT2D eigenvalue weighted by Crippen LogP contribution is 2.35. The number of carbonyl (C=O) groups excluding carboxylic acids is 1. The minimum atomic E-state index is -1.26. The molecule has 0 radical (unpaired) electrons. The smallest absolute Gasteiger partial charge is 0.314 e. The minimum absolute atomic E-state index is 0.498. The van der Waals surface area contributed by atoms with Crippen molar-refractivity contribution < 1.29 is 19.7 Å². The molecular formula is C23H42O4. The van der Waals surface area contributed by atoms with Gasteiger partial charge in [0.05, 0.1) is 18.8 Å². The Kier molecular flexibility index (Phi) is 12.7. The van der Waals surface area contributed by atoms with Gasteiger partial charge in [0.2, 0.25) is 0 Å². The van der Waals surface area contributed by atoms with Crippen molar-refractivity contribution in [3.05, 3.63) is 12.2 Å². The van der Waals surface area contributed by atoms with Gasteiger partial charge in [0.1, 0.15) is 5.92 Å². The van der Waals surface area contributed by atoms with E-state index >= 15 is 0 Å². The predicted octanol–water partition coefficient (Wildman–Crippen LogP) is 5.31. The molecule has 158 valence electrons. The number of esters is 1. The molecule has 4 nitrogen and oxygen atoms in total. The molecule has 0 amide bonds. The Morgan fingerprint density at radius 1 is 0.889 bits per heavy atom. The fourth-order valence-electron chi connectivity index (χ4n) is 4.09. The summed E-state index contributed by atoms with van der Waals surface area (Å²) in [5.74, 6) is -1.43. The zero-order chi connectivity index (χ0) is 20.0. The van der Waals surface area contributed by atoms with Crippen LogP contribution in [-0.2, 0) is 9.53 Å². The fourth-order valence-corrected chi connectivity index (χ4v) is 4.09. The van der Waals surface area contributed by atoms with E-state index in [1.807, 2.05) is 0 Å². The summed E-state index contributed by atoms with van der Waals surface area (Å²) in [7, 11) is 1.29. The van der Waals surface area contributed by atoms with Crippen LogP contribution < -0.4 is 0 Å². The van der Waals surface area contributed by atoms with Crippen molar-refractivity contribution in [2.45, 2.75) is 115 Å². The van der Waals surface area contributed by atoms with Crippen LogP contribution in [0.3, 0.4) is 0 Å². The Morgan fingerprint density at radius 3 is 1.78 bits per heavy atom. The van der Waals surface area contributed by atoms with E-state index in [2.05, 4.69) is 6.92 Å². The number of aliphatic hydroxyl groups is 2. The van der Waals surface area contributed by atoms with E-state index in [-0.39, 0.29) is 0 Å². The Labute approximate surface area is 166 Å². The highest BCUT2D eigenvalue weighted by Gasteiger charge is 2.47. The molecule has 0 bridgehead atoms. The molecule has 1 rings (SSSR count). The molecule has 0 unspecified atom stereocenters. The molecule has 4 heteroatoms. The van der Waals surface area contributed by atoms with Crippen LogP contribution in [0.2, 0.25) is 0 Å². The molecule has 0 heterocycles. The molecule has 0 aromatic heterocycles. The number of hydrogen-bond donors (Lipinski definition) is 2. The lowest BCUT2D eigenvalue weighted by atomic mass is 9.84. The number of carbonyl (C=O) groups is 1. The molecule has 2 N–H and O–H groups in total. The van der Waals surface area contributed by atoms with Gasteiger partial charge in [-0.3, -0.25) is 4.79 Å². The fraction of sp³-hybridized carbons (Fsp3) is 0.870. The first-order valence-corrected chi connectivity index (χ1v) is 11.2. The molecule has 0 spiro atoms. The van der Waals surface area contributed by atoms with E-state index in [1.54, 1.807) is 6.08 Å². The summed E-state index contributed by atoms with van der Waals surface area (Å²) in [4.78, 5) is 11.8. The zero-order valence-electron chi connectivity index (χ0n) is 17.6. The van der Waals surface area contributed by atoms with Gasteiger partial charge in [-0.15, -0.1) is 0 Å². The third kappa shape index (κ3) is 9.25. The second-order valence-corrected chi connectivity index (χ2v) is 8.19. The van der Waals surface area contributed by atoms with E-state index < -0.39 is 23.6 Å². The molecule has 0 aliphatic heterocycles. The van der Waals surface area contributed by atoms with E-state index in [0.29, 0.717) is 6.42 Å². The number of hydrogen-bond acceptors (Lipinski definition) is 4. The minimum Gasteiger partial charge on any atom is -0.469 e. The van der Waals surface area contributed by atoms with Crippen LogP contribution >= 0.6 is 0 Å². The second-order valence-electron chi connectivity index (χ2n) is 8.19. The lowest BCUT2D eigenvalue weighted by molar-refractivity contribution is -0.157. The number of ether oxygens (including phenoxy) is 1. The summed E-state index contributed by atoms with van der Waals surface area (Å²) in [5.41, 5.74) is -1.26. The molecule has 1 aliphatic rings. The first-order valence-electron chi connectivity index (χ1n) is 11.2. The van der Waals surface area contributed by atoms with Gasteiger partial charge in [-0.2, -0.15) is 0 Å². The van der Waals surface area contributed by atoms with Crippen LogP contribution in [0.4, 0.5) is 0 Å². The summed E-state index contributed by atoms with van der Waals surface area (Å²) in [6.07, 6.45) is 20.6. The molecule has 0 aromatic carbocycles. The van der Waals surface area contributed by atoms with Crippen LogP contribution in [0.15, 0.2) is 12.2 Å². The molecule has 0 fully saturated rings. The summed E-state index contributed by atoms with van der Waals surface area (Å²) in [6.45, 7) is 2.26. The van der Waals surface area contributed by atoms with Crippen LogP contribution in [-0.4, -0.2) is 35.0 Å². The quantitative estimate of drug-likeness (QED) is 0.216. The van der Waals surface area contributed by atoms with Gasteiger partial charge in [0.25, 0.3) is 0 Å². The third-order valence-electron chi connectivity index (χ3n) is 5.85. The largest absolute Gasteiger partial charge is 0.469 e.